The molecule has 76 valence electrons. The Hall–Kier alpha value is -1.55. The lowest BCUT2D eigenvalue weighted by atomic mass is 10.1. The topological polar surface area (TPSA) is 30.0 Å². The molecule has 2 nitrogen and oxygen atoms in total. The minimum Gasteiger partial charge on any atom is -0.297 e. The van der Waals surface area contributed by atoms with Gasteiger partial charge < -0.3 is 0 Å². The monoisotopic (exact) mass is 221 g/mol. The van der Waals surface area contributed by atoms with E-state index >= 15 is 0 Å². The molecule has 0 saturated carbocycles. The highest BCUT2D eigenvalue weighted by Crippen LogP contribution is 2.27. The fraction of sp³-hybridized carbons (Fsp3) is 0.0909. The summed E-state index contributed by atoms with van der Waals surface area (Å²) < 4.78 is 13.0. The molecule has 0 aliphatic heterocycles. The predicted octanol–water partition coefficient (Wildman–Crippen LogP) is 3.07. The van der Waals surface area contributed by atoms with Gasteiger partial charge in [-0.05, 0) is 24.6 Å². The molecule has 0 amide bonds. The summed E-state index contributed by atoms with van der Waals surface area (Å²) in [6.45, 7) is 1.89. The van der Waals surface area contributed by atoms with Crippen molar-refractivity contribution in [3.8, 4) is 10.6 Å². The second-order valence-electron chi connectivity index (χ2n) is 3.14. The maximum atomic E-state index is 13.0. The molecule has 0 spiro atoms. The SMILES string of the molecule is Cc1ccc(F)cc1-c1ncc(C=O)s1. The van der Waals surface area contributed by atoms with E-state index in [1.54, 1.807) is 6.07 Å². The molecular weight excluding hydrogens is 213 g/mol. The van der Waals surface area contributed by atoms with E-state index in [1.807, 2.05) is 6.92 Å². The van der Waals surface area contributed by atoms with Gasteiger partial charge in [0.2, 0.25) is 0 Å². The third kappa shape index (κ3) is 1.94. The van der Waals surface area contributed by atoms with Crippen molar-refractivity contribution in [2.45, 2.75) is 6.92 Å². The van der Waals surface area contributed by atoms with Crippen molar-refractivity contribution in [3.05, 3.63) is 40.7 Å². The van der Waals surface area contributed by atoms with Crippen LogP contribution in [-0.4, -0.2) is 11.3 Å². The molecular formula is C11H8FNOS. The van der Waals surface area contributed by atoms with E-state index in [0.29, 0.717) is 9.88 Å². The Morgan fingerprint density at radius 2 is 2.27 bits per heavy atom. The maximum Gasteiger partial charge on any atom is 0.161 e. The fourth-order valence-electron chi connectivity index (χ4n) is 1.29. The van der Waals surface area contributed by atoms with Crippen molar-refractivity contribution in [1.82, 2.24) is 4.98 Å². The van der Waals surface area contributed by atoms with Crippen molar-refractivity contribution in [3.63, 3.8) is 0 Å². The molecule has 0 saturated heterocycles. The fourth-order valence-corrected chi connectivity index (χ4v) is 2.10. The van der Waals surface area contributed by atoms with Gasteiger partial charge in [0.1, 0.15) is 10.8 Å². The number of carbonyl (C=O) groups is 1. The normalized spacial score (nSPS) is 10.3. The van der Waals surface area contributed by atoms with Crippen LogP contribution >= 0.6 is 11.3 Å². The van der Waals surface area contributed by atoms with Gasteiger partial charge in [-0.1, -0.05) is 6.07 Å². The van der Waals surface area contributed by atoms with Crippen LogP contribution in [0.5, 0.6) is 0 Å². The van der Waals surface area contributed by atoms with Gasteiger partial charge in [0.05, 0.1) is 4.88 Å². The number of hydrogen-bond donors (Lipinski definition) is 0. The minimum absolute atomic E-state index is 0.293. The van der Waals surface area contributed by atoms with Crippen LogP contribution in [0.1, 0.15) is 15.2 Å². The van der Waals surface area contributed by atoms with Crippen LogP contribution in [0.25, 0.3) is 10.6 Å². The van der Waals surface area contributed by atoms with Crippen LogP contribution in [0.3, 0.4) is 0 Å². The lowest BCUT2D eigenvalue weighted by Gasteiger charge is -2.01. The van der Waals surface area contributed by atoms with Gasteiger partial charge in [0.25, 0.3) is 0 Å². The molecule has 0 aliphatic carbocycles. The van der Waals surface area contributed by atoms with Crippen molar-refractivity contribution in [2.24, 2.45) is 0 Å². The molecule has 1 heterocycles. The first-order valence-electron chi connectivity index (χ1n) is 4.38. The number of thiazole rings is 1. The number of carbonyl (C=O) groups excluding carboxylic acids is 1. The van der Waals surface area contributed by atoms with Gasteiger partial charge in [-0.15, -0.1) is 11.3 Å². The number of aldehydes is 1. The van der Waals surface area contributed by atoms with Crippen molar-refractivity contribution in [1.29, 1.82) is 0 Å². The Morgan fingerprint density at radius 1 is 1.47 bits per heavy atom. The average Bonchev–Trinajstić information content (AvgIpc) is 2.70. The summed E-state index contributed by atoms with van der Waals surface area (Å²) in [6.07, 6.45) is 2.24. The molecule has 15 heavy (non-hydrogen) atoms. The van der Waals surface area contributed by atoms with Gasteiger partial charge >= 0.3 is 0 Å². The Labute approximate surface area is 90.4 Å². The third-order valence-electron chi connectivity index (χ3n) is 2.07. The zero-order valence-electron chi connectivity index (χ0n) is 8.03. The molecule has 0 bridgehead atoms. The quantitative estimate of drug-likeness (QED) is 0.729. The minimum atomic E-state index is -0.293. The largest absolute Gasteiger partial charge is 0.297 e. The number of halogens is 1. The van der Waals surface area contributed by atoms with Gasteiger partial charge in [-0.3, -0.25) is 4.79 Å². The van der Waals surface area contributed by atoms with E-state index in [0.717, 1.165) is 17.4 Å². The van der Waals surface area contributed by atoms with E-state index < -0.39 is 0 Å². The molecule has 0 atom stereocenters. The van der Waals surface area contributed by atoms with Crippen LogP contribution in [0.2, 0.25) is 0 Å². The highest BCUT2D eigenvalue weighted by atomic mass is 32.1. The second-order valence-corrected chi connectivity index (χ2v) is 4.21. The van der Waals surface area contributed by atoms with Crippen LogP contribution in [0.15, 0.2) is 24.4 Å². The average molecular weight is 221 g/mol. The van der Waals surface area contributed by atoms with E-state index in [1.165, 1.54) is 29.7 Å². The first-order chi connectivity index (χ1) is 7.20. The summed E-state index contributed by atoms with van der Waals surface area (Å²) in [5.74, 6) is -0.293. The lowest BCUT2D eigenvalue weighted by molar-refractivity contribution is 0.112. The van der Waals surface area contributed by atoms with Gasteiger partial charge in [-0.2, -0.15) is 0 Å². The zero-order chi connectivity index (χ0) is 10.8. The highest BCUT2D eigenvalue weighted by Gasteiger charge is 2.07. The molecule has 0 fully saturated rings. The lowest BCUT2D eigenvalue weighted by Crippen LogP contribution is -1.83. The summed E-state index contributed by atoms with van der Waals surface area (Å²) in [7, 11) is 0. The van der Waals surface area contributed by atoms with Gasteiger partial charge in [-0.25, -0.2) is 9.37 Å². The standard InChI is InChI=1S/C11H8FNOS/c1-7-2-3-8(12)4-10(7)11-13-5-9(6-14)15-11/h2-6H,1H3. The van der Waals surface area contributed by atoms with E-state index in [2.05, 4.69) is 4.98 Å². The number of rotatable bonds is 2. The van der Waals surface area contributed by atoms with E-state index in [4.69, 9.17) is 0 Å². The van der Waals surface area contributed by atoms with Crippen molar-refractivity contribution >= 4 is 17.6 Å². The first-order valence-corrected chi connectivity index (χ1v) is 5.20. The molecule has 0 N–H and O–H groups in total. The number of nitrogens with zero attached hydrogens (tertiary/aromatic N) is 1. The molecule has 2 aromatic rings. The van der Waals surface area contributed by atoms with Crippen molar-refractivity contribution < 1.29 is 9.18 Å². The third-order valence-corrected chi connectivity index (χ3v) is 3.03. The molecule has 2 rings (SSSR count). The van der Waals surface area contributed by atoms with Gasteiger partial charge in [0.15, 0.2) is 6.29 Å². The van der Waals surface area contributed by atoms with E-state index in [-0.39, 0.29) is 5.82 Å². The van der Waals surface area contributed by atoms with Crippen LogP contribution in [0.4, 0.5) is 4.39 Å². The highest BCUT2D eigenvalue weighted by molar-refractivity contribution is 7.16. The van der Waals surface area contributed by atoms with Crippen LogP contribution < -0.4 is 0 Å². The molecule has 1 aromatic carbocycles. The second kappa shape index (κ2) is 3.90. The summed E-state index contributed by atoms with van der Waals surface area (Å²) in [6, 6.07) is 4.54. The Balaban J connectivity index is 2.52. The molecule has 1 aromatic heterocycles. The molecule has 0 aliphatic rings. The maximum absolute atomic E-state index is 13.0. The summed E-state index contributed by atoms with van der Waals surface area (Å²) in [5.41, 5.74) is 1.69. The Morgan fingerprint density at radius 3 is 2.93 bits per heavy atom. The predicted molar refractivity (Wildman–Crippen MR) is 57.6 cm³/mol. The Kier molecular flexibility index (Phi) is 2.60. The molecule has 0 unspecified atom stereocenters. The first kappa shape index (κ1) is 9.98. The zero-order valence-corrected chi connectivity index (χ0v) is 8.84. The number of hydrogen-bond acceptors (Lipinski definition) is 3. The van der Waals surface area contributed by atoms with Crippen LogP contribution in [-0.2, 0) is 0 Å². The van der Waals surface area contributed by atoms with Crippen molar-refractivity contribution in [2.75, 3.05) is 0 Å². The Bertz CT molecular complexity index is 507. The number of aromatic nitrogens is 1. The van der Waals surface area contributed by atoms with Crippen LogP contribution in [0, 0.1) is 12.7 Å². The van der Waals surface area contributed by atoms with Gasteiger partial charge in [0, 0.05) is 11.8 Å². The number of aryl methyl sites for hydroxylation is 1. The molecule has 4 heteroatoms. The smallest absolute Gasteiger partial charge is 0.161 e. The number of benzene rings is 1. The summed E-state index contributed by atoms with van der Waals surface area (Å²) >= 11 is 1.26. The van der Waals surface area contributed by atoms with E-state index in [9.17, 15) is 9.18 Å². The summed E-state index contributed by atoms with van der Waals surface area (Å²) in [4.78, 5) is 15.1. The summed E-state index contributed by atoms with van der Waals surface area (Å²) in [5, 5.41) is 0.675. The molecule has 0 radical (unpaired) electrons.